The average Bonchev–Trinajstić information content (AvgIpc) is 2.80. The van der Waals surface area contributed by atoms with Crippen LogP contribution in [0.5, 0.6) is 0 Å². The van der Waals surface area contributed by atoms with Crippen molar-refractivity contribution in [2.45, 2.75) is 37.3 Å². The highest BCUT2D eigenvalue weighted by atomic mass is 35.5. The third-order valence-electron chi connectivity index (χ3n) is 4.29. The van der Waals surface area contributed by atoms with Crippen molar-refractivity contribution >= 4 is 27.4 Å². The van der Waals surface area contributed by atoms with E-state index in [1.807, 2.05) is 0 Å². The first-order valence-electron chi connectivity index (χ1n) is 7.08. The van der Waals surface area contributed by atoms with Gasteiger partial charge in [-0.25, -0.2) is 4.52 Å². The van der Waals surface area contributed by atoms with Crippen molar-refractivity contribution in [1.29, 1.82) is 0 Å². The van der Waals surface area contributed by atoms with Gasteiger partial charge in [0, 0.05) is 28.4 Å². The fourth-order valence-electron chi connectivity index (χ4n) is 3.13. The van der Waals surface area contributed by atoms with Gasteiger partial charge in [0.25, 0.3) is 5.56 Å². The molecule has 2 aromatic heterocycles. The van der Waals surface area contributed by atoms with Gasteiger partial charge in [0.2, 0.25) is 0 Å². The Balaban J connectivity index is 1.99. The SMILES string of the molecule is CC(c1nn2ccc(Cl)c2c(=O)[nH]1)C1NCCCC1[SiH3]. The van der Waals surface area contributed by atoms with Gasteiger partial charge < -0.3 is 10.3 Å². The second-order valence-electron chi connectivity index (χ2n) is 5.68. The van der Waals surface area contributed by atoms with Crippen molar-refractivity contribution in [2.24, 2.45) is 0 Å². The number of fused-ring (bicyclic) bond motifs is 1. The molecular weight excluding hydrogens is 292 g/mol. The molecule has 2 N–H and O–H groups in total. The van der Waals surface area contributed by atoms with Crippen LogP contribution < -0.4 is 10.9 Å². The van der Waals surface area contributed by atoms with Gasteiger partial charge in [0.05, 0.1) is 5.02 Å². The minimum absolute atomic E-state index is 0.169. The van der Waals surface area contributed by atoms with Gasteiger partial charge in [-0.1, -0.05) is 24.9 Å². The largest absolute Gasteiger partial charge is 0.313 e. The van der Waals surface area contributed by atoms with E-state index >= 15 is 0 Å². The maximum Gasteiger partial charge on any atom is 0.276 e. The molecule has 2 aromatic rings. The van der Waals surface area contributed by atoms with Crippen molar-refractivity contribution < 1.29 is 0 Å². The van der Waals surface area contributed by atoms with E-state index in [-0.39, 0.29) is 11.5 Å². The van der Waals surface area contributed by atoms with E-state index in [1.54, 1.807) is 16.8 Å². The quantitative estimate of drug-likeness (QED) is 0.802. The predicted octanol–water partition coefficient (Wildman–Crippen LogP) is 0.685. The van der Waals surface area contributed by atoms with Gasteiger partial charge in [0.15, 0.2) is 0 Å². The summed E-state index contributed by atoms with van der Waals surface area (Å²) in [6.07, 6.45) is 4.25. The fourth-order valence-corrected chi connectivity index (χ4v) is 4.58. The number of piperidine rings is 1. The highest BCUT2D eigenvalue weighted by molar-refractivity contribution is 6.33. The lowest BCUT2D eigenvalue weighted by Gasteiger charge is -2.34. The number of nitrogens with zero attached hydrogens (tertiary/aromatic N) is 2. The van der Waals surface area contributed by atoms with Crippen LogP contribution in [0.25, 0.3) is 5.52 Å². The van der Waals surface area contributed by atoms with E-state index in [1.165, 1.54) is 12.8 Å². The van der Waals surface area contributed by atoms with Crippen LogP contribution in [0, 0.1) is 0 Å². The molecule has 20 heavy (non-hydrogen) atoms. The summed E-state index contributed by atoms with van der Waals surface area (Å²) in [5, 5.41) is 8.54. The van der Waals surface area contributed by atoms with Crippen LogP contribution in [0.4, 0.5) is 0 Å². The molecule has 1 aliphatic rings. The van der Waals surface area contributed by atoms with E-state index in [0.29, 0.717) is 22.1 Å². The zero-order valence-electron chi connectivity index (χ0n) is 11.7. The van der Waals surface area contributed by atoms with E-state index in [4.69, 9.17) is 11.6 Å². The molecule has 3 unspecified atom stereocenters. The summed E-state index contributed by atoms with van der Waals surface area (Å²) in [6.45, 7) is 3.18. The van der Waals surface area contributed by atoms with Crippen molar-refractivity contribution in [3.05, 3.63) is 33.5 Å². The average molecular weight is 311 g/mol. The topological polar surface area (TPSA) is 62.2 Å². The van der Waals surface area contributed by atoms with Gasteiger partial charge in [-0.15, -0.1) is 0 Å². The van der Waals surface area contributed by atoms with E-state index in [0.717, 1.165) is 22.6 Å². The lowest BCUT2D eigenvalue weighted by molar-refractivity contribution is 0.352. The van der Waals surface area contributed by atoms with Crippen molar-refractivity contribution in [3.63, 3.8) is 0 Å². The molecular formula is C13H19ClN4OSi. The third-order valence-corrected chi connectivity index (χ3v) is 5.89. The first-order valence-corrected chi connectivity index (χ1v) is 8.61. The van der Waals surface area contributed by atoms with Crippen molar-refractivity contribution in [1.82, 2.24) is 19.9 Å². The molecule has 0 spiro atoms. The molecule has 0 radical (unpaired) electrons. The molecule has 1 fully saturated rings. The minimum atomic E-state index is -0.169. The van der Waals surface area contributed by atoms with Crippen molar-refractivity contribution in [2.75, 3.05) is 6.54 Å². The van der Waals surface area contributed by atoms with Gasteiger partial charge >= 0.3 is 0 Å². The number of H-pyrrole nitrogens is 1. The number of hydrogen-bond acceptors (Lipinski definition) is 3. The Labute approximate surface area is 125 Å². The molecule has 5 nitrogen and oxygen atoms in total. The summed E-state index contributed by atoms with van der Waals surface area (Å²) >= 11 is 5.99. The van der Waals surface area contributed by atoms with E-state index in [9.17, 15) is 4.79 Å². The summed E-state index contributed by atoms with van der Waals surface area (Å²) in [4.78, 5) is 15.0. The van der Waals surface area contributed by atoms with Gasteiger partial charge in [-0.3, -0.25) is 4.79 Å². The molecule has 3 rings (SSSR count). The van der Waals surface area contributed by atoms with Crippen LogP contribution in [0.1, 0.15) is 31.5 Å². The van der Waals surface area contributed by atoms with E-state index in [2.05, 4.69) is 22.3 Å². The lowest BCUT2D eigenvalue weighted by Crippen LogP contribution is -2.43. The molecule has 0 amide bonds. The summed E-state index contributed by atoms with van der Waals surface area (Å²) in [5.41, 5.74) is 0.965. The van der Waals surface area contributed by atoms with Gasteiger partial charge in [0.1, 0.15) is 11.3 Å². The molecule has 1 aliphatic heterocycles. The Morgan fingerprint density at radius 2 is 2.40 bits per heavy atom. The van der Waals surface area contributed by atoms with Crippen LogP contribution in [0.3, 0.4) is 0 Å². The summed E-state index contributed by atoms with van der Waals surface area (Å²) in [7, 11) is 1.16. The monoisotopic (exact) mass is 310 g/mol. The first-order chi connectivity index (χ1) is 9.58. The van der Waals surface area contributed by atoms with Crippen LogP contribution >= 0.6 is 11.6 Å². The Kier molecular flexibility index (Phi) is 3.70. The number of nitrogens with one attached hydrogen (secondary N) is 2. The Morgan fingerprint density at radius 1 is 1.60 bits per heavy atom. The number of hydrogen-bond donors (Lipinski definition) is 2. The normalized spacial score (nSPS) is 25.1. The number of aromatic nitrogens is 3. The van der Waals surface area contributed by atoms with Gasteiger partial charge in [-0.05, 0) is 24.6 Å². The lowest BCUT2D eigenvalue weighted by atomic mass is 9.92. The molecule has 7 heteroatoms. The number of aromatic amines is 1. The van der Waals surface area contributed by atoms with E-state index < -0.39 is 0 Å². The van der Waals surface area contributed by atoms with Crippen molar-refractivity contribution in [3.8, 4) is 0 Å². The molecule has 1 saturated heterocycles. The van der Waals surface area contributed by atoms with Crippen LogP contribution in [-0.2, 0) is 0 Å². The molecule has 3 heterocycles. The first kappa shape index (κ1) is 13.9. The summed E-state index contributed by atoms with van der Waals surface area (Å²) < 4.78 is 1.58. The highest BCUT2D eigenvalue weighted by Crippen LogP contribution is 2.29. The smallest absolute Gasteiger partial charge is 0.276 e. The molecule has 0 bridgehead atoms. The molecule has 0 aliphatic carbocycles. The third kappa shape index (κ3) is 2.32. The Morgan fingerprint density at radius 3 is 3.15 bits per heavy atom. The van der Waals surface area contributed by atoms with Gasteiger partial charge in [-0.2, -0.15) is 5.10 Å². The zero-order chi connectivity index (χ0) is 14.3. The fraction of sp³-hybridized carbons (Fsp3) is 0.538. The Bertz CT molecular complexity index is 683. The molecule has 108 valence electrons. The van der Waals surface area contributed by atoms with Crippen LogP contribution in [0.15, 0.2) is 17.1 Å². The minimum Gasteiger partial charge on any atom is -0.313 e. The molecule has 0 saturated carbocycles. The molecule has 0 aromatic carbocycles. The summed E-state index contributed by atoms with van der Waals surface area (Å²) in [6, 6.07) is 2.10. The second kappa shape index (κ2) is 5.35. The maximum absolute atomic E-state index is 12.1. The zero-order valence-corrected chi connectivity index (χ0v) is 14.4. The van der Waals surface area contributed by atoms with Crippen LogP contribution in [-0.4, -0.2) is 37.4 Å². The van der Waals surface area contributed by atoms with Crippen LogP contribution in [0.2, 0.25) is 10.6 Å². The predicted molar refractivity (Wildman–Crippen MR) is 84.0 cm³/mol. The second-order valence-corrected chi connectivity index (χ2v) is 7.57. The maximum atomic E-state index is 12.1. The Hall–Kier alpha value is -1.11. The number of halogens is 1. The number of rotatable bonds is 2. The molecule has 3 atom stereocenters. The highest BCUT2D eigenvalue weighted by Gasteiger charge is 2.28. The standard InChI is InChI=1S/C13H19ClN4OSi/c1-7(10-9(20)3-2-5-15-10)12-16-13(19)11-8(14)4-6-18(11)17-12/h4,6-7,9-10,15H,2-3,5H2,1,20H3,(H,16,17,19). The summed E-state index contributed by atoms with van der Waals surface area (Å²) in [5.74, 6) is 0.922.